The van der Waals surface area contributed by atoms with Crippen molar-refractivity contribution >= 4 is 5.97 Å². The summed E-state index contributed by atoms with van der Waals surface area (Å²) in [7, 11) is 0. The van der Waals surface area contributed by atoms with Crippen LogP contribution in [0.15, 0.2) is 0 Å². The van der Waals surface area contributed by atoms with E-state index >= 15 is 0 Å². The largest absolute Gasteiger partial charge is 0.481 e. The SMILES string of the molecule is O=C(O)CCCO.OCCCCO. The predicted molar refractivity (Wildman–Crippen MR) is 47.4 cm³/mol. The molecule has 0 fully saturated rings. The number of aliphatic hydroxyl groups is 3. The van der Waals surface area contributed by atoms with E-state index in [2.05, 4.69) is 0 Å². The average Bonchev–Trinajstić information content (AvgIpc) is 2.12. The molecule has 5 heteroatoms. The van der Waals surface area contributed by atoms with Crippen LogP contribution in [0, 0.1) is 0 Å². The van der Waals surface area contributed by atoms with Crippen LogP contribution >= 0.6 is 0 Å². The molecule has 0 aromatic rings. The Bertz CT molecular complexity index is 101. The first-order valence-electron chi connectivity index (χ1n) is 4.23. The van der Waals surface area contributed by atoms with Gasteiger partial charge in [0.15, 0.2) is 0 Å². The summed E-state index contributed by atoms with van der Waals surface area (Å²) in [6.45, 7) is 0.355. The maximum absolute atomic E-state index is 9.65. The number of rotatable bonds is 6. The van der Waals surface area contributed by atoms with E-state index in [1.807, 2.05) is 0 Å². The van der Waals surface area contributed by atoms with E-state index < -0.39 is 5.97 Å². The van der Waals surface area contributed by atoms with Gasteiger partial charge >= 0.3 is 5.97 Å². The summed E-state index contributed by atoms with van der Waals surface area (Å²) >= 11 is 0. The molecule has 0 aliphatic rings. The van der Waals surface area contributed by atoms with Gasteiger partial charge in [0.1, 0.15) is 0 Å². The first-order chi connectivity index (χ1) is 6.18. The molecule has 4 N–H and O–H groups in total. The third-order valence-corrected chi connectivity index (χ3v) is 1.11. The molecule has 13 heavy (non-hydrogen) atoms. The highest BCUT2D eigenvalue weighted by Crippen LogP contribution is 1.83. The molecule has 0 aromatic heterocycles. The van der Waals surface area contributed by atoms with Crippen molar-refractivity contribution < 1.29 is 25.2 Å². The minimum absolute atomic E-state index is 0.0354. The fourth-order valence-electron chi connectivity index (χ4n) is 0.454. The summed E-state index contributed by atoms with van der Waals surface area (Å²) in [5, 5.41) is 32.2. The Kier molecular flexibility index (Phi) is 15.9. The second-order valence-electron chi connectivity index (χ2n) is 2.38. The predicted octanol–water partition coefficient (Wildman–Crippen LogP) is -0.405. The Balaban J connectivity index is 0. The van der Waals surface area contributed by atoms with Crippen LogP contribution in [0.25, 0.3) is 0 Å². The minimum atomic E-state index is -0.853. The van der Waals surface area contributed by atoms with Crippen LogP contribution in [0.5, 0.6) is 0 Å². The van der Waals surface area contributed by atoms with E-state index in [9.17, 15) is 4.79 Å². The molecule has 0 aliphatic heterocycles. The quantitative estimate of drug-likeness (QED) is 0.431. The van der Waals surface area contributed by atoms with Crippen molar-refractivity contribution in [1.82, 2.24) is 0 Å². The van der Waals surface area contributed by atoms with Crippen molar-refractivity contribution in [2.75, 3.05) is 19.8 Å². The summed E-state index contributed by atoms with van der Waals surface area (Å²) < 4.78 is 0. The van der Waals surface area contributed by atoms with Gasteiger partial charge in [0.25, 0.3) is 0 Å². The summed E-state index contributed by atoms with van der Waals surface area (Å²) in [5.41, 5.74) is 0. The van der Waals surface area contributed by atoms with Gasteiger partial charge in [-0.05, 0) is 19.3 Å². The molecule has 0 saturated heterocycles. The lowest BCUT2D eigenvalue weighted by molar-refractivity contribution is -0.137. The van der Waals surface area contributed by atoms with Gasteiger partial charge < -0.3 is 20.4 Å². The van der Waals surface area contributed by atoms with Gasteiger partial charge in [-0.2, -0.15) is 0 Å². The highest BCUT2D eigenvalue weighted by Gasteiger charge is 1.91. The Hall–Kier alpha value is -0.650. The van der Waals surface area contributed by atoms with Crippen molar-refractivity contribution in [3.05, 3.63) is 0 Å². The summed E-state index contributed by atoms with van der Waals surface area (Å²) in [4.78, 5) is 9.65. The molecule has 0 radical (unpaired) electrons. The van der Waals surface area contributed by atoms with E-state index in [0.29, 0.717) is 6.42 Å². The van der Waals surface area contributed by atoms with Crippen LogP contribution in [0.1, 0.15) is 25.7 Å². The second-order valence-corrected chi connectivity index (χ2v) is 2.38. The molecule has 0 bridgehead atoms. The van der Waals surface area contributed by atoms with Crippen molar-refractivity contribution in [1.29, 1.82) is 0 Å². The van der Waals surface area contributed by atoms with Gasteiger partial charge in [-0.15, -0.1) is 0 Å². The van der Waals surface area contributed by atoms with Crippen molar-refractivity contribution in [3.63, 3.8) is 0 Å². The van der Waals surface area contributed by atoms with Crippen molar-refractivity contribution in [2.45, 2.75) is 25.7 Å². The van der Waals surface area contributed by atoms with E-state index in [1.54, 1.807) is 0 Å². The number of unbranched alkanes of at least 4 members (excludes halogenated alkanes) is 1. The number of hydrogen-bond acceptors (Lipinski definition) is 4. The molecular formula is C8H18O5. The first kappa shape index (κ1) is 14.9. The van der Waals surface area contributed by atoms with Gasteiger partial charge in [0.05, 0.1) is 0 Å². The van der Waals surface area contributed by atoms with Crippen molar-refractivity contribution in [3.8, 4) is 0 Å². The van der Waals surface area contributed by atoms with Crippen LogP contribution in [-0.4, -0.2) is 46.2 Å². The first-order valence-corrected chi connectivity index (χ1v) is 4.23. The fourth-order valence-corrected chi connectivity index (χ4v) is 0.454. The van der Waals surface area contributed by atoms with Gasteiger partial charge in [-0.25, -0.2) is 0 Å². The third kappa shape index (κ3) is 24.6. The summed E-state index contributed by atoms with van der Waals surface area (Å²) in [6, 6.07) is 0. The summed E-state index contributed by atoms with van der Waals surface area (Å²) in [5.74, 6) is -0.853. The Morgan fingerprint density at radius 1 is 0.846 bits per heavy atom. The third-order valence-electron chi connectivity index (χ3n) is 1.11. The fraction of sp³-hybridized carbons (Fsp3) is 0.875. The monoisotopic (exact) mass is 194 g/mol. The van der Waals surface area contributed by atoms with Gasteiger partial charge in [-0.3, -0.25) is 4.79 Å². The van der Waals surface area contributed by atoms with E-state index in [-0.39, 0.29) is 26.2 Å². The minimum Gasteiger partial charge on any atom is -0.481 e. The molecule has 0 rings (SSSR count). The molecular weight excluding hydrogens is 176 g/mol. The molecule has 0 unspecified atom stereocenters. The highest BCUT2D eigenvalue weighted by atomic mass is 16.4. The number of carbonyl (C=O) groups is 1. The molecule has 0 aliphatic carbocycles. The standard InChI is InChI=1S/C4H8O3.C4H10O2/c5-3-1-2-4(6)7;5-3-1-2-4-6/h5H,1-3H2,(H,6,7);5-6H,1-4H2. The van der Waals surface area contributed by atoms with E-state index in [1.165, 1.54) is 0 Å². The van der Waals surface area contributed by atoms with Crippen LogP contribution in [-0.2, 0) is 4.79 Å². The van der Waals surface area contributed by atoms with E-state index in [4.69, 9.17) is 20.4 Å². The summed E-state index contributed by atoms with van der Waals surface area (Å²) in [6.07, 6.45) is 1.86. The van der Waals surface area contributed by atoms with Gasteiger partial charge in [0.2, 0.25) is 0 Å². The Morgan fingerprint density at radius 3 is 1.38 bits per heavy atom. The molecule has 0 amide bonds. The zero-order valence-electron chi connectivity index (χ0n) is 7.65. The van der Waals surface area contributed by atoms with Crippen LogP contribution < -0.4 is 0 Å². The lowest BCUT2D eigenvalue weighted by Crippen LogP contribution is -1.95. The smallest absolute Gasteiger partial charge is 0.303 e. The molecule has 0 spiro atoms. The second kappa shape index (κ2) is 13.9. The zero-order valence-corrected chi connectivity index (χ0v) is 7.65. The van der Waals surface area contributed by atoms with Crippen LogP contribution in [0.2, 0.25) is 0 Å². The molecule has 80 valence electrons. The highest BCUT2D eigenvalue weighted by molar-refractivity contribution is 5.66. The molecule has 0 saturated carbocycles. The van der Waals surface area contributed by atoms with E-state index in [0.717, 1.165) is 12.8 Å². The number of hydrogen-bond donors (Lipinski definition) is 4. The Labute approximate surface area is 77.6 Å². The zero-order chi connectivity index (χ0) is 10.5. The van der Waals surface area contributed by atoms with Gasteiger partial charge in [-0.1, -0.05) is 0 Å². The number of aliphatic carboxylic acids is 1. The topological polar surface area (TPSA) is 98.0 Å². The normalized spacial score (nSPS) is 8.85. The molecule has 0 heterocycles. The van der Waals surface area contributed by atoms with Gasteiger partial charge in [0, 0.05) is 26.2 Å². The molecule has 0 aromatic carbocycles. The lowest BCUT2D eigenvalue weighted by Gasteiger charge is -1.85. The Morgan fingerprint density at radius 2 is 1.23 bits per heavy atom. The number of aliphatic hydroxyl groups excluding tert-OH is 3. The van der Waals surface area contributed by atoms with Crippen LogP contribution in [0.4, 0.5) is 0 Å². The molecule has 5 nitrogen and oxygen atoms in total. The maximum atomic E-state index is 9.65. The van der Waals surface area contributed by atoms with Crippen molar-refractivity contribution in [2.24, 2.45) is 0 Å². The molecule has 0 atom stereocenters. The lowest BCUT2D eigenvalue weighted by atomic mass is 10.3. The number of carboxylic acid groups (broad SMARTS) is 1. The average molecular weight is 194 g/mol. The van der Waals surface area contributed by atoms with Crippen LogP contribution in [0.3, 0.4) is 0 Å². The maximum Gasteiger partial charge on any atom is 0.303 e. The number of carboxylic acids is 1.